The van der Waals surface area contributed by atoms with Gasteiger partial charge in [0.15, 0.2) is 0 Å². The van der Waals surface area contributed by atoms with Gasteiger partial charge in [0.2, 0.25) is 0 Å². The summed E-state index contributed by atoms with van der Waals surface area (Å²) in [6.45, 7) is 4.30. The van der Waals surface area contributed by atoms with Crippen LogP contribution < -0.4 is 0 Å². The lowest BCUT2D eigenvalue weighted by Crippen LogP contribution is -2.17. The van der Waals surface area contributed by atoms with Crippen LogP contribution in [0.1, 0.15) is 37.4 Å². The monoisotopic (exact) mass is 243 g/mol. The number of hydrogen-bond donors (Lipinski definition) is 2. The van der Waals surface area contributed by atoms with E-state index in [4.69, 9.17) is 10.2 Å². The first-order valence-corrected chi connectivity index (χ1v) is 6.11. The predicted molar refractivity (Wildman–Crippen MR) is 62.8 cm³/mol. The highest BCUT2D eigenvalue weighted by atomic mass is 32.1. The fraction of sp³-hybridized carbons (Fsp3) is 0.636. The van der Waals surface area contributed by atoms with Crippen LogP contribution in [0, 0.1) is 0 Å². The van der Waals surface area contributed by atoms with Crippen LogP contribution in [0.25, 0.3) is 0 Å². The second-order valence-corrected chi connectivity index (χ2v) is 5.28. The highest BCUT2D eigenvalue weighted by Crippen LogP contribution is 2.30. The van der Waals surface area contributed by atoms with Crippen LogP contribution in [0.2, 0.25) is 0 Å². The van der Waals surface area contributed by atoms with Crippen molar-refractivity contribution in [1.29, 1.82) is 0 Å². The summed E-state index contributed by atoms with van der Waals surface area (Å²) in [5, 5.41) is 20.2. The van der Waals surface area contributed by atoms with Crippen LogP contribution in [0.5, 0.6) is 0 Å². The third kappa shape index (κ3) is 3.57. The number of carboxylic acid groups (broad SMARTS) is 1. The zero-order valence-electron chi connectivity index (χ0n) is 9.56. The van der Waals surface area contributed by atoms with Crippen molar-refractivity contribution in [3.8, 4) is 0 Å². The normalized spacial score (nSPS) is 11.7. The third-order valence-electron chi connectivity index (χ3n) is 2.42. The highest BCUT2D eigenvalue weighted by Gasteiger charge is 2.24. The molecule has 0 aromatic carbocycles. The molecule has 16 heavy (non-hydrogen) atoms. The minimum atomic E-state index is -0.856. The van der Waals surface area contributed by atoms with Gasteiger partial charge in [0.05, 0.1) is 17.1 Å². The third-order valence-corrected chi connectivity index (χ3v) is 3.68. The quantitative estimate of drug-likeness (QED) is 0.799. The van der Waals surface area contributed by atoms with E-state index in [0.717, 1.165) is 17.8 Å². The van der Waals surface area contributed by atoms with Crippen LogP contribution in [0.4, 0.5) is 0 Å². The summed E-state index contributed by atoms with van der Waals surface area (Å²) >= 11 is 1.49. The Morgan fingerprint density at radius 2 is 2.25 bits per heavy atom. The SMILES string of the molecule is CC(C)(CCCO)c1nc(CC(=O)O)cs1. The molecule has 4 nitrogen and oxygen atoms in total. The number of thiazole rings is 1. The van der Waals surface area contributed by atoms with Gasteiger partial charge in [0.25, 0.3) is 0 Å². The maximum atomic E-state index is 10.5. The standard InChI is InChI=1S/C11H17NO3S/c1-11(2,4-3-5-13)10-12-8(7-16-10)6-9(14)15/h7,13H,3-6H2,1-2H3,(H,14,15). The summed E-state index contributed by atoms with van der Waals surface area (Å²) in [5.74, 6) is -0.856. The van der Waals surface area contributed by atoms with Gasteiger partial charge in [-0.25, -0.2) is 4.98 Å². The predicted octanol–water partition coefficient (Wildman–Crippen LogP) is 1.82. The lowest BCUT2D eigenvalue weighted by Gasteiger charge is -2.21. The van der Waals surface area contributed by atoms with Gasteiger partial charge in [-0.2, -0.15) is 0 Å². The number of aliphatic carboxylic acids is 1. The Morgan fingerprint density at radius 1 is 1.56 bits per heavy atom. The second-order valence-electron chi connectivity index (χ2n) is 4.43. The summed E-state index contributed by atoms with van der Waals surface area (Å²) in [7, 11) is 0. The molecular formula is C11H17NO3S. The van der Waals surface area contributed by atoms with Gasteiger partial charge in [-0.3, -0.25) is 4.79 Å². The Bertz CT molecular complexity index is 360. The van der Waals surface area contributed by atoms with Crippen molar-refractivity contribution in [3.63, 3.8) is 0 Å². The van der Waals surface area contributed by atoms with Crippen molar-refractivity contribution in [2.24, 2.45) is 0 Å². The first-order valence-electron chi connectivity index (χ1n) is 5.23. The molecule has 0 radical (unpaired) electrons. The number of aliphatic hydroxyl groups is 1. The van der Waals surface area contributed by atoms with E-state index >= 15 is 0 Å². The van der Waals surface area contributed by atoms with Crippen LogP contribution in [-0.4, -0.2) is 27.8 Å². The zero-order valence-corrected chi connectivity index (χ0v) is 10.4. The van der Waals surface area contributed by atoms with Gasteiger partial charge < -0.3 is 10.2 Å². The molecule has 2 N–H and O–H groups in total. The minimum absolute atomic E-state index is 0.0212. The first kappa shape index (κ1) is 13.1. The molecule has 0 spiro atoms. The first-order chi connectivity index (χ1) is 7.45. The van der Waals surface area contributed by atoms with E-state index in [1.807, 2.05) is 0 Å². The second kappa shape index (κ2) is 5.41. The molecule has 0 atom stereocenters. The summed E-state index contributed by atoms with van der Waals surface area (Å²) in [5.41, 5.74) is 0.522. The molecule has 0 fully saturated rings. The van der Waals surface area contributed by atoms with Crippen molar-refractivity contribution in [2.45, 2.75) is 38.5 Å². The average Bonchev–Trinajstić information content (AvgIpc) is 2.63. The van der Waals surface area contributed by atoms with Gasteiger partial charge in [-0.15, -0.1) is 11.3 Å². The lowest BCUT2D eigenvalue weighted by atomic mass is 9.89. The van der Waals surface area contributed by atoms with Crippen molar-refractivity contribution in [1.82, 2.24) is 4.98 Å². The molecule has 1 rings (SSSR count). The Hall–Kier alpha value is -0.940. The maximum absolute atomic E-state index is 10.5. The topological polar surface area (TPSA) is 70.4 Å². The van der Waals surface area contributed by atoms with Crippen molar-refractivity contribution in [2.75, 3.05) is 6.61 Å². The molecule has 0 aliphatic carbocycles. The van der Waals surface area contributed by atoms with Gasteiger partial charge in [-0.05, 0) is 12.8 Å². The van der Waals surface area contributed by atoms with Crippen molar-refractivity contribution >= 4 is 17.3 Å². The Labute approximate surface area is 99.0 Å². The van der Waals surface area contributed by atoms with Gasteiger partial charge in [0.1, 0.15) is 0 Å². The number of aliphatic hydroxyl groups excluding tert-OH is 1. The van der Waals surface area contributed by atoms with E-state index in [-0.39, 0.29) is 18.4 Å². The zero-order chi connectivity index (χ0) is 12.2. The van der Waals surface area contributed by atoms with E-state index in [0.29, 0.717) is 5.69 Å². The molecule has 90 valence electrons. The number of nitrogens with zero attached hydrogens (tertiary/aromatic N) is 1. The van der Waals surface area contributed by atoms with Gasteiger partial charge in [-0.1, -0.05) is 13.8 Å². The summed E-state index contributed by atoms with van der Waals surface area (Å²) in [6.07, 6.45) is 1.57. The molecule has 0 unspecified atom stereocenters. The number of carboxylic acids is 1. The molecule has 0 saturated heterocycles. The van der Waals surface area contributed by atoms with Crippen molar-refractivity contribution < 1.29 is 15.0 Å². The summed E-state index contributed by atoms with van der Waals surface area (Å²) in [4.78, 5) is 14.9. The summed E-state index contributed by atoms with van der Waals surface area (Å²) in [6, 6.07) is 0. The Morgan fingerprint density at radius 3 is 2.81 bits per heavy atom. The largest absolute Gasteiger partial charge is 0.481 e. The van der Waals surface area contributed by atoms with Crippen LogP contribution in [0.15, 0.2) is 5.38 Å². The number of aromatic nitrogens is 1. The van der Waals surface area contributed by atoms with E-state index in [1.165, 1.54) is 11.3 Å². The molecule has 5 heteroatoms. The van der Waals surface area contributed by atoms with E-state index in [2.05, 4.69) is 18.8 Å². The van der Waals surface area contributed by atoms with Crippen LogP contribution >= 0.6 is 11.3 Å². The Kier molecular flexibility index (Phi) is 4.44. The molecule has 1 heterocycles. The molecule has 0 bridgehead atoms. The average molecular weight is 243 g/mol. The number of rotatable bonds is 6. The van der Waals surface area contributed by atoms with Gasteiger partial charge in [0, 0.05) is 17.4 Å². The smallest absolute Gasteiger partial charge is 0.309 e. The highest BCUT2D eigenvalue weighted by molar-refractivity contribution is 7.09. The fourth-order valence-electron chi connectivity index (χ4n) is 1.48. The lowest BCUT2D eigenvalue weighted by molar-refractivity contribution is -0.136. The molecule has 0 aliphatic rings. The fourth-order valence-corrected chi connectivity index (χ4v) is 2.46. The minimum Gasteiger partial charge on any atom is -0.481 e. The van der Waals surface area contributed by atoms with E-state index < -0.39 is 5.97 Å². The van der Waals surface area contributed by atoms with E-state index in [1.54, 1.807) is 5.38 Å². The number of carbonyl (C=O) groups is 1. The van der Waals surface area contributed by atoms with Crippen LogP contribution in [0.3, 0.4) is 0 Å². The molecule has 0 aliphatic heterocycles. The molecule has 1 aromatic heterocycles. The number of hydrogen-bond acceptors (Lipinski definition) is 4. The van der Waals surface area contributed by atoms with Crippen molar-refractivity contribution in [3.05, 3.63) is 16.1 Å². The molecular weight excluding hydrogens is 226 g/mol. The molecule has 0 amide bonds. The maximum Gasteiger partial charge on any atom is 0.309 e. The summed E-state index contributed by atoms with van der Waals surface area (Å²) < 4.78 is 0. The van der Waals surface area contributed by atoms with E-state index in [9.17, 15) is 4.79 Å². The van der Waals surface area contributed by atoms with Crippen LogP contribution in [-0.2, 0) is 16.6 Å². The molecule has 0 saturated carbocycles. The Balaban J connectivity index is 2.72. The van der Waals surface area contributed by atoms with Gasteiger partial charge >= 0.3 is 5.97 Å². The molecule has 1 aromatic rings.